The number of ether oxygens (including phenoxy) is 1. The Morgan fingerprint density at radius 2 is 1.94 bits per heavy atom. The lowest BCUT2D eigenvalue weighted by molar-refractivity contribution is 0.0162. The largest absolute Gasteiger partial charge is 0.378 e. The smallest absolute Gasteiger partial charge is 0.0615 e. The van der Waals surface area contributed by atoms with Crippen LogP contribution in [0.1, 0.15) is 52.9 Å². The molecule has 0 spiro atoms. The van der Waals surface area contributed by atoms with Crippen molar-refractivity contribution >= 4 is 0 Å². The zero-order chi connectivity index (χ0) is 11.8. The highest BCUT2D eigenvalue weighted by molar-refractivity contribution is 4.76. The van der Waals surface area contributed by atoms with Crippen molar-refractivity contribution < 1.29 is 4.74 Å². The summed E-state index contributed by atoms with van der Waals surface area (Å²) in [4.78, 5) is 0. The maximum Gasteiger partial charge on any atom is 0.0615 e. The molecule has 1 aliphatic carbocycles. The second-order valence-corrected chi connectivity index (χ2v) is 5.42. The molecule has 1 atom stereocenters. The molecule has 0 saturated heterocycles. The molecule has 0 aromatic carbocycles. The van der Waals surface area contributed by atoms with Gasteiger partial charge in [-0.05, 0) is 51.1 Å². The Morgan fingerprint density at radius 3 is 2.50 bits per heavy atom. The van der Waals surface area contributed by atoms with Crippen molar-refractivity contribution in [3.05, 3.63) is 0 Å². The van der Waals surface area contributed by atoms with E-state index in [9.17, 15) is 0 Å². The molecule has 2 nitrogen and oxygen atoms in total. The summed E-state index contributed by atoms with van der Waals surface area (Å²) in [6, 6.07) is 0. The van der Waals surface area contributed by atoms with Crippen LogP contribution in [0.15, 0.2) is 0 Å². The zero-order valence-electron chi connectivity index (χ0n) is 11.3. The van der Waals surface area contributed by atoms with Gasteiger partial charge in [-0.2, -0.15) is 0 Å². The lowest BCUT2D eigenvalue weighted by Gasteiger charge is -2.23. The van der Waals surface area contributed by atoms with Crippen LogP contribution in [0.25, 0.3) is 0 Å². The van der Waals surface area contributed by atoms with Gasteiger partial charge in [-0.25, -0.2) is 0 Å². The van der Waals surface area contributed by atoms with Gasteiger partial charge in [0.1, 0.15) is 0 Å². The highest BCUT2D eigenvalue weighted by Crippen LogP contribution is 2.30. The lowest BCUT2D eigenvalue weighted by Crippen LogP contribution is -2.29. The molecule has 0 amide bonds. The fourth-order valence-corrected chi connectivity index (χ4v) is 2.63. The van der Waals surface area contributed by atoms with Gasteiger partial charge in [-0.3, -0.25) is 0 Å². The molecule has 0 bridgehead atoms. The first-order valence-corrected chi connectivity index (χ1v) is 7.06. The molecule has 1 aliphatic rings. The van der Waals surface area contributed by atoms with Crippen LogP contribution in [0.4, 0.5) is 0 Å². The summed E-state index contributed by atoms with van der Waals surface area (Å²) in [5.41, 5.74) is 0. The quantitative estimate of drug-likeness (QED) is 0.643. The Morgan fingerprint density at radius 1 is 1.25 bits per heavy atom. The highest BCUT2D eigenvalue weighted by atomic mass is 16.5. The van der Waals surface area contributed by atoms with E-state index < -0.39 is 0 Å². The number of hydrogen-bond donors (Lipinski definition) is 1. The third kappa shape index (κ3) is 5.31. The standard InChI is InChI=1S/C14H29NO/c1-4-16-14(13-7-5-6-8-13)9-10-15-11-12(2)3/h12-15H,4-11H2,1-3H3. The molecule has 0 radical (unpaired) electrons. The Kier molecular flexibility index (Phi) is 7.06. The monoisotopic (exact) mass is 227 g/mol. The maximum absolute atomic E-state index is 5.89. The molecular weight excluding hydrogens is 198 g/mol. The summed E-state index contributed by atoms with van der Waals surface area (Å²) < 4.78 is 5.89. The number of nitrogens with one attached hydrogen (secondary N) is 1. The van der Waals surface area contributed by atoms with Gasteiger partial charge >= 0.3 is 0 Å². The summed E-state index contributed by atoms with van der Waals surface area (Å²) in [6.07, 6.45) is 7.28. The van der Waals surface area contributed by atoms with Crippen molar-refractivity contribution in [2.24, 2.45) is 11.8 Å². The summed E-state index contributed by atoms with van der Waals surface area (Å²) in [7, 11) is 0. The van der Waals surface area contributed by atoms with Crippen molar-refractivity contribution in [2.45, 2.75) is 59.0 Å². The average Bonchev–Trinajstić information content (AvgIpc) is 2.75. The summed E-state index contributed by atoms with van der Waals surface area (Å²) >= 11 is 0. The van der Waals surface area contributed by atoms with Crippen molar-refractivity contribution in [3.8, 4) is 0 Å². The van der Waals surface area contributed by atoms with Crippen LogP contribution in [-0.4, -0.2) is 25.8 Å². The molecule has 1 rings (SSSR count). The molecule has 0 heterocycles. The number of hydrogen-bond acceptors (Lipinski definition) is 2. The molecule has 1 saturated carbocycles. The first kappa shape index (κ1) is 14.0. The van der Waals surface area contributed by atoms with Crippen LogP contribution in [0.5, 0.6) is 0 Å². The molecule has 1 fully saturated rings. The molecule has 0 aliphatic heterocycles. The molecule has 16 heavy (non-hydrogen) atoms. The van der Waals surface area contributed by atoms with E-state index in [1.54, 1.807) is 0 Å². The van der Waals surface area contributed by atoms with Gasteiger partial charge < -0.3 is 10.1 Å². The van der Waals surface area contributed by atoms with E-state index in [1.165, 1.54) is 32.1 Å². The summed E-state index contributed by atoms with van der Waals surface area (Å²) in [5.74, 6) is 1.58. The van der Waals surface area contributed by atoms with Crippen molar-refractivity contribution in [1.29, 1.82) is 0 Å². The summed E-state index contributed by atoms with van der Waals surface area (Å²) in [6.45, 7) is 9.73. The van der Waals surface area contributed by atoms with E-state index >= 15 is 0 Å². The Hall–Kier alpha value is -0.0800. The second kappa shape index (κ2) is 8.08. The van der Waals surface area contributed by atoms with E-state index in [-0.39, 0.29) is 0 Å². The van der Waals surface area contributed by atoms with E-state index in [2.05, 4.69) is 26.1 Å². The highest BCUT2D eigenvalue weighted by Gasteiger charge is 2.24. The van der Waals surface area contributed by atoms with Crippen molar-refractivity contribution in [2.75, 3.05) is 19.7 Å². The van der Waals surface area contributed by atoms with Crippen molar-refractivity contribution in [3.63, 3.8) is 0 Å². The minimum Gasteiger partial charge on any atom is -0.378 e. The topological polar surface area (TPSA) is 21.3 Å². The van der Waals surface area contributed by atoms with E-state index in [1.807, 2.05) is 0 Å². The molecule has 1 unspecified atom stereocenters. The first-order chi connectivity index (χ1) is 7.74. The van der Waals surface area contributed by atoms with Gasteiger partial charge in [-0.1, -0.05) is 26.7 Å². The molecule has 0 aromatic rings. The Bertz CT molecular complexity index is 164. The van der Waals surface area contributed by atoms with E-state index in [0.29, 0.717) is 6.10 Å². The van der Waals surface area contributed by atoms with Gasteiger partial charge in [0, 0.05) is 6.61 Å². The van der Waals surface area contributed by atoms with Crippen molar-refractivity contribution in [1.82, 2.24) is 5.32 Å². The Balaban J connectivity index is 2.17. The van der Waals surface area contributed by atoms with Gasteiger partial charge in [-0.15, -0.1) is 0 Å². The van der Waals surface area contributed by atoms with E-state index in [0.717, 1.165) is 31.5 Å². The SMILES string of the molecule is CCOC(CCNCC(C)C)C1CCCC1. The first-order valence-electron chi connectivity index (χ1n) is 7.06. The molecule has 1 N–H and O–H groups in total. The summed E-state index contributed by atoms with van der Waals surface area (Å²) in [5, 5.41) is 3.52. The van der Waals surface area contributed by atoms with Gasteiger partial charge in [0.2, 0.25) is 0 Å². The normalized spacial score (nSPS) is 19.5. The fraction of sp³-hybridized carbons (Fsp3) is 1.00. The average molecular weight is 227 g/mol. The maximum atomic E-state index is 5.89. The van der Waals surface area contributed by atoms with Gasteiger partial charge in [0.05, 0.1) is 6.10 Å². The zero-order valence-corrected chi connectivity index (χ0v) is 11.3. The van der Waals surface area contributed by atoms with Gasteiger partial charge in [0.25, 0.3) is 0 Å². The molecular formula is C14H29NO. The van der Waals surface area contributed by atoms with Crippen LogP contribution in [0, 0.1) is 11.8 Å². The second-order valence-electron chi connectivity index (χ2n) is 5.42. The molecule has 2 heteroatoms. The molecule has 96 valence electrons. The molecule has 0 aromatic heterocycles. The third-order valence-electron chi connectivity index (χ3n) is 3.46. The Labute approximate surface area is 101 Å². The van der Waals surface area contributed by atoms with Crippen LogP contribution >= 0.6 is 0 Å². The predicted octanol–water partition coefficient (Wildman–Crippen LogP) is 3.22. The lowest BCUT2D eigenvalue weighted by atomic mass is 9.98. The fourth-order valence-electron chi connectivity index (χ4n) is 2.63. The predicted molar refractivity (Wildman–Crippen MR) is 69.7 cm³/mol. The van der Waals surface area contributed by atoms with Crippen LogP contribution in [0.3, 0.4) is 0 Å². The van der Waals surface area contributed by atoms with Crippen LogP contribution in [0.2, 0.25) is 0 Å². The minimum atomic E-state index is 0.507. The van der Waals surface area contributed by atoms with Gasteiger partial charge in [0.15, 0.2) is 0 Å². The number of rotatable bonds is 8. The van der Waals surface area contributed by atoms with Crippen LogP contribution in [-0.2, 0) is 4.74 Å². The van der Waals surface area contributed by atoms with E-state index in [4.69, 9.17) is 4.74 Å². The van der Waals surface area contributed by atoms with Crippen LogP contribution < -0.4 is 5.32 Å². The third-order valence-corrected chi connectivity index (χ3v) is 3.46. The minimum absolute atomic E-state index is 0.507.